The Hall–Kier alpha value is -2.17. The Morgan fingerprint density at radius 1 is 0.818 bits per heavy atom. The second-order valence-corrected chi connectivity index (χ2v) is 4.84. The van der Waals surface area contributed by atoms with Crippen LogP contribution in [0.5, 0.6) is 0 Å². The summed E-state index contributed by atoms with van der Waals surface area (Å²) in [6.45, 7) is 4.94. The monoisotopic (exact) mass is 300 g/mol. The fourth-order valence-corrected chi connectivity index (χ4v) is 1.83. The molecule has 22 heavy (non-hydrogen) atoms. The quantitative estimate of drug-likeness (QED) is 0.688. The van der Waals surface area contributed by atoms with E-state index in [1.807, 2.05) is 12.1 Å². The molecule has 4 nitrogen and oxygen atoms in total. The molecule has 0 radical (unpaired) electrons. The first-order valence-corrected chi connectivity index (χ1v) is 7.37. The van der Waals surface area contributed by atoms with Gasteiger partial charge in [-0.05, 0) is 11.1 Å². The van der Waals surface area contributed by atoms with Gasteiger partial charge in [0.25, 0.3) is 5.97 Å². The molecule has 0 heterocycles. The lowest BCUT2D eigenvalue weighted by molar-refractivity contribution is -0.134. The summed E-state index contributed by atoms with van der Waals surface area (Å²) < 4.78 is 0. The zero-order valence-corrected chi connectivity index (χ0v) is 13.0. The molecule has 0 aromatic heterocycles. The van der Waals surface area contributed by atoms with Crippen LogP contribution in [0, 0.1) is 0 Å². The highest BCUT2D eigenvalue weighted by atomic mass is 16.4. The number of carboxylic acids is 1. The van der Waals surface area contributed by atoms with Crippen molar-refractivity contribution in [2.24, 2.45) is 0 Å². The largest absolute Gasteiger partial charge is 0.481 e. The summed E-state index contributed by atoms with van der Waals surface area (Å²) in [5.41, 5.74) is 2.67. The molecule has 0 aliphatic heterocycles. The lowest BCUT2D eigenvalue weighted by Crippen LogP contribution is -2.26. The lowest BCUT2D eigenvalue weighted by atomic mass is 10.2. The number of hydrogen-bond acceptors (Lipinski definition) is 3. The van der Waals surface area contributed by atoms with Gasteiger partial charge in [-0.3, -0.25) is 4.79 Å². The minimum atomic E-state index is -0.833. The Morgan fingerprint density at radius 3 is 1.45 bits per heavy atom. The van der Waals surface area contributed by atoms with Gasteiger partial charge < -0.3 is 15.7 Å². The molecule has 0 spiro atoms. The Balaban J connectivity index is 0.000000541. The predicted octanol–water partition coefficient (Wildman–Crippen LogP) is 2.66. The van der Waals surface area contributed by atoms with Crippen molar-refractivity contribution >= 4 is 5.97 Å². The maximum atomic E-state index is 9.00. The number of nitrogens with one attached hydrogen (secondary N) is 2. The standard InChI is InChI=1S/C16H20N2.C2H4O2/c1-3-7-15(8-4-1)13-17-11-12-18-14-16-9-5-2-6-10-16;1-2(3)4/h1-10,17-18H,11-14H2;1H3,(H,3,4). The van der Waals surface area contributed by atoms with Gasteiger partial charge in [0.1, 0.15) is 0 Å². The van der Waals surface area contributed by atoms with E-state index in [0.29, 0.717) is 0 Å². The highest BCUT2D eigenvalue weighted by molar-refractivity contribution is 5.62. The minimum Gasteiger partial charge on any atom is -0.481 e. The summed E-state index contributed by atoms with van der Waals surface area (Å²) in [4.78, 5) is 9.00. The summed E-state index contributed by atoms with van der Waals surface area (Å²) in [6, 6.07) is 21.0. The summed E-state index contributed by atoms with van der Waals surface area (Å²) in [6.07, 6.45) is 0. The van der Waals surface area contributed by atoms with Crippen molar-refractivity contribution in [1.82, 2.24) is 10.6 Å². The predicted molar refractivity (Wildman–Crippen MR) is 89.6 cm³/mol. The van der Waals surface area contributed by atoms with Gasteiger partial charge in [0.05, 0.1) is 0 Å². The van der Waals surface area contributed by atoms with E-state index in [-0.39, 0.29) is 0 Å². The number of rotatable bonds is 7. The van der Waals surface area contributed by atoms with Gasteiger partial charge in [0, 0.05) is 33.1 Å². The van der Waals surface area contributed by atoms with Gasteiger partial charge in [-0.15, -0.1) is 0 Å². The zero-order valence-electron chi connectivity index (χ0n) is 13.0. The van der Waals surface area contributed by atoms with Crippen LogP contribution >= 0.6 is 0 Å². The minimum absolute atomic E-state index is 0.833. The summed E-state index contributed by atoms with van der Waals surface area (Å²) >= 11 is 0. The molecule has 0 unspecified atom stereocenters. The van der Waals surface area contributed by atoms with E-state index >= 15 is 0 Å². The summed E-state index contributed by atoms with van der Waals surface area (Å²) in [7, 11) is 0. The highest BCUT2D eigenvalue weighted by Gasteiger charge is 1.92. The molecule has 0 amide bonds. The molecule has 3 N–H and O–H groups in total. The van der Waals surface area contributed by atoms with Crippen LogP contribution in [0.15, 0.2) is 60.7 Å². The van der Waals surface area contributed by atoms with Crippen LogP contribution in [-0.2, 0) is 17.9 Å². The average molecular weight is 300 g/mol. The smallest absolute Gasteiger partial charge is 0.300 e. The SMILES string of the molecule is CC(=O)O.c1ccc(CNCCNCc2ccccc2)cc1. The maximum Gasteiger partial charge on any atom is 0.300 e. The van der Waals surface area contributed by atoms with Crippen LogP contribution in [0.25, 0.3) is 0 Å². The highest BCUT2D eigenvalue weighted by Crippen LogP contribution is 1.97. The van der Waals surface area contributed by atoms with Crippen molar-refractivity contribution in [1.29, 1.82) is 0 Å². The van der Waals surface area contributed by atoms with E-state index in [4.69, 9.17) is 9.90 Å². The molecule has 0 saturated heterocycles. The fourth-order valence-electron chi connectivity index (χ4n) is 1.83. The molecule has 0 fully saturated rings. The zero-order chi connectivity index (χ0) is 16.0. The molecule has 2 rings (SSSR count). The molecule has 0 saturated carbocycles. The van der Waals surface area contributed by atoms with Crippen molar-refractivity contribution in [3.8, 4) is 0 Å². The van der Waals surface area contributed by atoms with Gasteiger partial charge in [-0.25, -0.2) is 0 Å². The molecule has 2 aromatic rings. The van der Waals surface area contributed by atoms with E-state index in [1.165, 1.54) is 11.1 Å². The van der Waals surface area contributed by atoms with Crippen LogP contribution < -0.4 is 10.6 Å². The number of aliphatic carboxylic acids is 1. The Morgan fingerprint density at radius 2 is 1.14 bits per heavy atom. The molecular weight excluding hydrogens is 276 g/mol. The Kier molecular flexibility index (Phi) is 9.33. The molecule has 0 atom stereocenters. The molecule has 118 valence electrons. The van der Waals surface area contributed by atoms with Crippen molar-refractivity contribution in [3.63, 3.8) is 0 Å². The average Bonchev–Trinajstić information content (AvgIpc) is 2.52. The van der Waals surface area contributed by atoms with Crippen molar-refractivity contribution in [2.45, 2.75) is 20.0 Å². The summed E-state index contributed by atoms with van der Waals surface area (Å²) in [5, 5.41) is 14.3. The molecular formula is C18H24N2O2. The van der Waals surface area contributed by atoms with Crippen LogP contribution in [0.1, 0.15) is 18.1 Å². The van der Waals surface area contributed by atoms with Gasteiger partial charge >= 0.3 is 0 Å². The number of benzene rings is 2. The van der Waals surface area contributed by atoms with E-state index in [9.17, 15) is 0 Å². The lowest BCUT2D eigenvalue weighted by Gasteiger charge is -2.06. The molecule has 0 bridgehead atoms. The van der Waals surface area contributed by atoms with Crippen LogP contribution in [0.2, 0.25) is 0 Å². The van der Waals surface area contributed by atoms with Crippen molar-refractivity contribution in [2.75, 3.05) is 13.1 Å². The molecule has 2 aromatic carbocycles. The maximum absolute atomic E-state index is 9.00. The first-order valence-electron chi connectivity index (χ1n) is 7.37. The van der Waals surface area contributed by atoms with Gasteiger partial charge in [0.15, 0.2) is 0 Å². The Labute approximate surface area is 132 Å². The van der Waals surface area contributed by atoms with Gasteiger partial charge in [-0.2, -0.15) is 0 Å². The van der Waals surface area contributed by atoms with E-state index in [1.54, 1.807) is 0 Å². The third-order valence-corrected chi connectivity index (χ3v) is 2.82. The van der Waals surface area contributed by atoms with Crippen molar-refractivity contribution < 1.29 is 9.90 Å². The molecule has 0 aliphatic rings. The van der Waals surface area contributed by atoms with Crippen molar-refractivity contribution in [3.05, 3.63) is 71.8 Å². The first kappa shape index (κ1) is 17.9. The van der Waals surface area contributed by atoms with E-state index in [2.05, 4.69) is 59.2 Å². The number of hydrogen-bond donors (Lipinski definition) is 3. The molecule has 4 heteroatoms. The van der Waals surface area contributed by atoms with Crippen LogP contribution in [0.4, 0.5) is 0 Å². The second kappa shape index (κ2) is 11.5. The number of carboxylic acid groups (broad SMARTS) is 1. The second-order valence-electron chi connectivity index (χ2n) is 4.84. The van der Waals surface area contributed by atoms with Crippen LogP contribution in [0.3, 0.4) is 0 Å². The van der Waals surface area contributed by atoms with E-state index < -0.39 is 5.97 Å². The topological polar surface area (TPSA) is 61.4 Å². The number of carbonyl (C=O) groups is 1. The first-order chi connectivity index (χ1) is 10.7. The van der Waals surface area contributed by atoms with E-state index in [0.717, 1.165) is 33.1 Å². The van der Waals surface area contributed by atoms with Gasteiger partial charge in [0.2, 0.25) is 0 Å². The summed E-state index contributed by atoms with van der Waals surface area (Å²) in [5.74, 6) is -0.833. The third-order valence-electron chi connectivity index (χ3n) is 2.82. The van der Waals surface area contributed by atoms with Gasteiger partial charge in [-0.1, -0.05) is 60.7 Å². The third kappa shape index (κ3) is 9.69. The molecule has 0 aliphatic carbocycles. The Bertz CT molecular complexity index is 468. The normalized spacial score (nSPS) is 9.68. The van der Waals surface area contributed by atoms with Crippen LogP contribution in [-0.4, -0.2) is 24.2 Å². The fraction of sp³-hybridized carbons (Fsp3) is 0.278.